The topological polar surface area (TPSA) is 69.9 Å². The van der Waals surface area contributed by atoms with Gasteiger partial charge in [0.2, 0.25) is 0 Å². The average Bonchev–Trinajstić information content (AvgIpc) is 2.59. The third kappa shape index (κ3) is 1.99. The molecule has 2 aromatic rings. The number of nitrogens with two attached hydrogens (primary N) is 1. The van der Waals surface area contributed by atoms with Crippen LogP contribution in [0.15, 0.2) is 20.9 Å². The van der Waals surface area contributed by atoms with Crippen molar-refractivity contribution < 1.29 is 4.42 Å². The average molecular weight is 224 g/mol. The summed E-state index contributed by atoms with van der Waals surface area (Å²) in [6.45, 7) is 3.79. The van der Waals surface area contributed by atoms with E-state index in [9.17, 15) is 0 Å². The Bertz CT molecular complexity index is 469. The summed E-state index contributed by atoms with van der Waals surface area (Å²) in [4.78, 5) is 4.25. The molecule has 0 saturated heterocycles. The van der Waals surface area contributed by atoms with Crippen molar-refractivity contribution in [2.24, 2.45) is 7.05 Å². The number of nitrogen functional groups attached to an aromatic ring is 1. The highest BCUT2D eigenvalue weighted by Crippen LogP contribution is 2.30. The molecule has 0 saturated carbocycles. The summed E-state index contributed by atoms with van der Waals surface area (Å²) < 4.78 is 7.10. The fourth-order valence-electron chi connectivity index (χ4n) is 1.14. The Balaban J connectivity index is 2.25. The second-order valence-corrected chi connectivity index (χ2v) is 4.23. The molecule has 80 valence electrons. The summed E-state index contributed by atoms with van der Waals surface area (Å²) in [6, 6.07) is 0. The Kier molecular flexibility index (Phi) is 2.44. The molecule has 2 aromatic heterocycles. The van der Waals surface area contributed by atoms with Gasteiger partial charge in [0.15, 0.2) is 5.03 Å². The lowest BCUT2D eigenvalue weighted by Crippen LogP contribution is -1.86. The molecule has 2 heterocycles. The van der Waals surface area contributed by atoms with Gasteiger partial charge in [-0.05, 0) is 25.6 Å². The first kappa shape index (κ1) is 10.1. The first-order valence-electron chi connectivity index (χ1n) is 4.47. The molecule has 2 N–H and O–H groups in total. The predicted molar refractivity (Wildman–Crippen MR) is 57.7 cm³/mol. The summed E-state index contributed by atoms with van der Waals surface area (Å²) in [5, 5.41) is 5.50. The van der Waals surface area contributed by atoms with Crippen molar-refractivity contribution in [1.29, 1.82) is 0 Å². The van der Waals surface area contributed by atoms with Crippen molar-refractivity contribution in [3.63, 3.8) is 0 Å². The summed E-state index contributed by atoms with van der Waals surface area (Å²) in [5.74, 6) is 0.826. The number of anilines is 1. The lowest BCUT2D eigenvalue weighted by atomic mass is 10.4. The van der Waals surface area contributed by atoms with Gasteiger partial charge in [0.1, 0.15) is 5.76 Å². The van der Waals surface area contributed by atoms with Crippen LogP contribution in [0.4, 0.5) is 5.69 Å². The minimum atomic E-state index is 0.579. The van der Waals surface area contributed by atoms with Crippen molar-refractivity contribution >= 4 is 17.4 Å². The van der Waals surface area contributed by atoms with E-state index < -0.39 is 0 Å². The van der Waals surface area contributed by atoms with Crippen molar-refractivity contribution in [1.82, 2.24) is 14.8 Å². The smallest absolute Gasteiger partial charge is 0.262 e. The predicted octanol–water partition coefficient (Wildman–Crippen LogP) is 1.76. The molecule has 0 aliphatic heterocycles. The number of hydrogen-bond donors (Lipinski definition) is 1. The van der Waals surface area contributed by atoms with Crippen molar-refractivity contribution in [3.8, 4) is 0 Å². The summed E-state index contributed by atoms with van der Waals surface area (Å²) >= 11 is 1.34. The van der Waals surface area contributed by atoms with E-state index in [-0.39, 0.29) is 0 Å². The lowest BCUT2D eigenvalue weighted by Gasteiger charge is -1.91. The quantitative estimate of drug-likeness (QED) is 0.841. The van der Waals surface area contributed by atoms with E-state index in [1.807, 2.05) is 20.9 Å². The van der Waals surface area contributed by atoms with Gasteiger partial charge in [-0.3, -0.25) is 4.68 Å². The zero-order valence-electron chi connectivity index (χ0n) is 8.81. The zero-order valence-corrected chi connectivity index (χ0v) is 9.63. The SMILES string of the molecule is Cc1nc(Sc2nn(C)cc2N)oc1C. The Morgan fingerprint density at radius 2 is 2.20 bits per heavy atom. The Morgan fingerprint density at radius 3 is 2.67 bits per heavy atom. The van der Waals surface area contributed by atoms with Gasteiger partial charge in [-0.15, -0.1) is 0 Å². The Morgan fingerprint density at radius 1 is 1.47 bits per heavy atom. The highest BCUT2D eigenvalue weighted by molar-refractivity contribution is 7.99. The fourth-order valence-corrected chi connectivity index (χ4v) is 1.99. The molecule has 0 amide bonds. The highest BCUT2D eigenvalue weighted by Gasteiger charge is 2.12. The highest BCUT2D eigenvalue weighted by atomic mass is 32.2. The molecule has 0 atom stereocenters. The van der Waals surface area contributed by atoms with Crippen LogP contribution in [0.1, 0.15) is 11.5 Å². The summed E-state index contributed by atoms with van der Waals surface area (Å²) in [7, 11) is 1.83. The van der Waals surface area contributed by atoms with Crippen LogP contribution in [0.3, 0.4) is 0 Å². The van der Waals surface area contributed by atoms with E-state index in [4.69, 9.17) is 10.2 Å². The number of hydrogen-bond acceptors (Lipinski definition) is 5. The molecule has 0 aliphatic rings. The third-order valence-corrected chi connectivity index (χ3v) is 2.87. The molecule has 0 unspecified atom stereocenters. The number of nitrogens with zero attached hydrogens (tertiary/aromatic N) is 3. The van der Waals surface area contributed by atoms with Crippen LogP contribution in [0.5, 0.6) is 0 Å². The molecule has 0 fully saturated rings. The Labute approximate surface area is 91.7 Å². The van der Waals surface area contributed by atoms with E-state index >= 15 is 0 Å². The van der Waals surface area contributed by atoms with Crippen molar-refractivity contribution in [2.75, 3.05) is 5.73 Å². The molecule has 5 nitrogen and oxygen atoms in total. The summed E-state index contributed by atoms with van der Waals surface area (Å²) in [6.07, 6.45) is 1.75. The van der Waals surface area contributed by atoms with Gasteiger partial charge < -0.3 is 10.2 Å². The zero-order chi connectivity index (χ0) is 11.0. The van der Waals surface area contributed by atoms with Gasteiger partial charge in [0, 0.05) is 13.2 Å². The van der Waals surface area contributed by atoms with E-state index in [1.54, 1.807) is 10.9 Å². The standard InChI is InChI=1S/C9H12N4OS/c1-5-6(2)14-9(11-5)15-8-7(10)4-13(3)12-8/h4H,10H2,1-3H3. The Hall–Kier alpha value is -1.43. The number of rotatable bonds is 2. The van der Waals surface area contributed by atoms with Crippen LogP contribution in [0.2, 0.25) is 0 Å². The van der Waals surface area contributed by atoms with Gasteiger partial charge in [0.05, 0.1) is 11.4 Å². The van der Waals surface area contributed by atoms with Crippen molar-refractivity contribution in [2.45, 2.75) is 24.1 Å². The molecule has 0 aliphatic carbocycles. The van der Waals surface area contributed by atoms with Gasteiger partial charge >= 0.3 is 0 Å². The van der Waals surface area contributed by atoms with Crippen LogP contribution in [0.25, 0.3) is 0 Å². The van der Waals surface area contributed by atoms with E-state index in [0.717, 1.165) is 16.5 Å². The molecule has 0 bridgehead atoms. The van der Waals surface area contributed by atoms with Crippen molar-refractivity contribution in [3.05, 3.63) is 17.7 Å². The van der Waals surface area contributed by atoms with Gasteiger partial charge in [-0.2, -0.15) is 5.10 Å². The molecule has 6 heteroatoms. The number of aromatic nitrogens is 3. The molecule has 0 spiro atoms. The van der Waals surface area contributed by atoms with Crippen LogP contribution in [0, 0.1) is 13.8 Å². The summed E-state index contributed by atoms with van der Waals surface area (Å²) in [5.41, 5.74) is 7.29. The molecule has 2 rings (SSSR count). The van der Waals surface area contributed by atoms with Crippen LogP contribution in [-0.2, 0) is 7.05 Å². The molecule has 0 radical (unpaired) electrons. The van der Waals surface area contributed by atoms with Crippen LogP contribution < -0.4 is 5.73 Å². The second kappa shape index (κ2) is 3.62. The van der Waals surface area contributed by atoms with Gasteiger partial charge in [0.25, 0.3) is 5.22 Å². The lowest BCUT2D eigenvalue weighted by molar-refractivity contribution is 0.431. The molecule has 0 aromatic carbocycles. The molecular formula is C9H12N4OS. The van der Waals surface area contributed by atoms with E-state index in [1.165, 1.54) is 11.8 Å². The maximum Gasteiger partial charge on any atom is 0.262 e. The normalized spacial score (nSPS) is 10.9. The fraction of sp³-hybridized carbons (Fsp3) is 0.333. The minimum absolute atomic E-state index is 0.579. The first-order valence-corrected chi connectivity index (χ1v) is 5.29. The monoisotopic (exact) mass is 224 g/mol. The number of aryl methyl sites for hydroxylation is 3. The maximum absolute atomic E-state index is 5.76. The van der Waals surface area contributed by atoms with Crippen LogP contribution >= 0.6 is 11.8 Å². The van der Waals surface area contributed by atoms with E-state index in [0.29, 0.717) is 10.9 Å². The van der Waals surface area contributed by atoms with E-state index in [2.05, 4.69) is 10.1 Å². The maximum atomic E-state index is 5.76. The molecular weight excluding hydrogens is 212 g/mol. The molecule has 15 heavy (non-hydrogen) atoms. The van der Waals surface area contributed by atoms with Gasteiger partial charge in [-0.1, -0.05) is 0 Å². The van der Waals surface area contributed by atoms with Crippen LogP contribution in [-0.4, -0.2) is 14.8 Å². The first-order chi connectivity index (χ1) is 7.06. The van der Waals surface area contributed by atoms with Gasteiger partial charge in [-0.25, -0.2) is 4.98 Å². The minimum Gasteiger partial charge on any atom is -0.436 e. The largest absolute Gasteiger partial charge is 0.436 e. The second-order valence-electron chi connectivity index (χ2n) is 3.29. The third-order valence-electron chi connectivity index (χ3n) is 2.01. The number of oxazole rings is 1.